The lowest BCUT2D eigenvalue weighted by Crippen LogP contribution is -2.37. The van der Waals surface area contributed by atoms with Crippen molar-refractivity contribution in [2.75, 3.05) is 17.1 Å². The van der Waals surface area contributed by atoms with Crippen LogP contribution < -0.4 is 14.7 Å². The number of hydroxylamine groups is 1. The number of nitrogens with zero attached hydrogens (tertiary/aromatic N) is 2. The molecule has 0 aromatic heterocycles. The van der Waals surface area contributed by atoms with Crippen LogP contribution in [0.2, 0.25) is 5.02 Å². The number of anilines is 2. The second-order valence-electron chi connectivity index (χ2n) is 7.42. The van der Waals surface area contributed by atoms with Crippen molar-refractivity contribution in [1.29, 1.82) is 0 Å². The van der Waals surface area contributed by atoms with Crippen molar-refractivity contribution in [3.63, 3.8) is 0 Å². The minimum atomic E-state index is -0.907. The van der Waals surface area contributed by atoms with E-state index >= 15 is 0 Å². The molecule has 156 valence electrons. The number of benzene rings is 3. The second kappa shape index (κ2) is 7.72. The molecular formula is C24H19ClN2O4. The van der Waals surface area contributed by atoms with E-state index in [1.54, 1.807) is 36.4 Å². The maximum atomic E-state index is 13.5. The Balaban J connectivity index is 1.55. The molecule has 2 aliphatic rings. The SMILES string of the molecule is COc1ccc(N2O[C@@H]3C(=O)N(c4ccc(Cl)cc4)C(=O)[C@@H]3[C@@H]2c2ccccc2)cc1. The van der Waals surface area contributed by atoms with Crippen LogP contribution >= 0.6 is 11.6 Å². The summed E-state index contributed by atoms with van der Waals surface area (Å²) in [6.07, 6.45) is -0.907. The normalized spacial score (nSPS) is 22.7. The van der Waals surface area contributed by atoms with Gasteiger partial charge in [-0.2, -0.15) is 0 Å². The summed E-state index contributed by atoms with van der Waals surface area (Å²) in [6.45, 7) is 0. The lowest BCUT2D eigenvalue weighted by molar-refractivity contribution is -0.126. The van der Waals surface area contributed by atoms with Gasteiger partial charge in [-0.25, -0.2) is 9.96 Å². The van der Waals surface area contributed by atoms with Gasteiger partial charge in [0.1, 0.15) is 11.7 Å². The van der Waals surface area contributed by atoms with E-state index in [4.69, 9.17) is 21.2 Å². The zero-order chi connectivity index (χ0) is 21.5. The van der Waals surface area contributed by atoms with Gasteiger partial charge in [0.15, 0.2) is 6.10 Å². The molecule has 5 rings (SSSR count). The minimum absolute atomic E-state index is 0.290. The van der Waals surface area contributed by atoms with Crippen molar-refractivity contribution in [3.8, 4) is 5.75 Å². The van der Waals surface area contributed by atoms with Crippen LogP contribution in [0.15, 0.2) is 78.9 Å². The zero-order valence-corrected chi connectivity index (χ0v) is 17.4. The first-order chi connectivity index (χ1) is 15.1. The smallest absolute Gasteiger partial charge is 0.266 e. The molecule has 3 aromatic carbocycles. The van der Waals surface area contributed by atoms with Crippen LogP contribution in [-0.4, -0.2) is 25.0 Å². The summed E-state index contributed by atoms with van der Waals surface area (Å²) in [5.41, 5.74) is 2.12. The number of fused-ring (bicyclic) bond motifs is 1. The summed E-state index contributed by atoms with van der Waals surface area (Å²) in [5.74, 6) is -0.635. The highest BCUT2D eigenvalue weighted by Gasteiger charge is 2.60. The first kappa shape index (κ1) is 19.6. The molecule has 2 saturated heterocycles. The highest BCUT2D eigenvalue weighted by molar-refractivity contribution is 6.31. The molecule has 0 radical (unpaired) electrons. The number of methoxy groups -OCH3 is 1. The standard InChI is InChI=1S/C24H19ClN2O4/c1-30-19-13-11-18(12-14-19)27-21(15-5-3-2-4-6-15)20-22(31-27)24(29)26(23(20)28)17-9-7-16(25)8-10-17/h2-14,20-22H,1H3/t20-,21+,22+/m1/s1. The summed E-state index contributed by atoms with van der Waals surface area (Å²) in [6, 6.07) is 23.1. The molecule has 0 saturated carbocycles. The maximum absolute atomic E-state index is 13.5. The van der Waals surface area contributed by atoms with Gasteiger partial charge in [0.25, 0.3) is 5.91 Å². The number of amides is 2. The molecule has 0 spiro atoms. The van der Waals surface area contributed by atoms with Gasteiger partial charge in [0.05, 0.1) is 24.5 Å². The van der Waals surface area contributed by atoms with Crippen LogP contribution in [0, 0.1) is 5.92 Å². The molecule has 7 heteroatoms. The largest absolute Gasteiger partial charge is 0.497 e. The second-order valence-corrected chi connectivity index (χ2v) is 7.86. The van der Waals surface area contributed by atoms with E-state index in [9.17, 15) is 9.59 Å². The van der Waals surface area contributed by atoms with Crippen LogP contribution in [0.25, 0.3) is 0 Å². The number of carbonyl (C=O) groups is 2. The fourth-order valence-corrected chi connectivity index (χ4v) is 4.33. The molecule has 0 unspecified atom stereocenters. The predicted octanol–water partition coefficient (Wildman–Crippen LogP) is 4.40. The van der Waals surface area contributed by atoms with E-state index in [0.29, 0.717) is 16.5 Å². The predicted molar refractivity (Wildman–Crippen MR) is 117 cm³/mol. The van der Waals surface area contributed by atoms with Gasteiger partial charge in [0, 0.05) is 5.02 Å². The number of hydrogen-bond acceptors (Lipinski definition) is 5. The third-order valence-corrected chi connectivity index (χ3v) is 5.92. The third-order valence-electron chi connectivity index (χ3n) is 5.67. The van der Waals surface area contributed by atoms with Crippen LogP contribution in [-0.2, 0) is 14.4 Å². The van der Waals surface area contributed by atoms with Gasteiger partial charge in [-0.1, -0.05) is 41.9 Å². The summed E-state index contributed by atoms with van der Waals surface area (Å²) in [4.78, 5) is 34.1. The Labute approximate surface area is 184 Å². The van der Waals surface area contributed by atoms with Crippen molar-refractivity contribution in [3.05, 3.63) is 89.4 Å². The molecule has 6 nitrogen and oxygen atoms in total. The Morgan fingerprint density at radius 2 is 1.48 bits per heavy atom. The summed E-state index contributed by atoms with van der Waals surface area (Å²) in [5, 5.41) is 2.20. The maximum Gasteiger partial charge on any atom is 0.266 e. The molecule has 31 heavy (non-hydrogen) atoms. The van der Waals surface area contributed by atoms with E-state index in [1.165, 1.54) is 4.90 Å². The van der Waals surface area contributed by atoms with Crippen LogP contribution in [0.1, 0.15) is 11.6 Å². The molecule has 0 aliphatic carbocycles. The molecule has 2 fully saturated rings. The number of ether oxygens (including phenoxy) is 1. The van der Waals surface area contributed by atoms with E-state index in [1.807, 2.05) is 54.6 Å². The number of hydrogen-bond donors (Lipinski definition) is 0. The monoisotopic (exact) mass is 434 g/mol. The quantitative estimate of drug-likeness (QED) is 0.570. The van der Waals surface area contributed by atoms with Gasteiger partial charge in [0.2, 0.25) is 5.91 Å². The average molecular weight is 435 g/mol. The molecule has 0 N–H and O–H groups in total. The molecular weight excluding hydrogens is 416 g/mol. The van der Waals surface area contributed by atoms with E-state index in [-0.39, 0.29) is 11.8 Å². The van der Waals surface area contributed by atoms with Gasteiger partial charge in [-0.15, -0.1) is 0 Å². The first-order valence-corrected chi connectivity index (χ1v) is 10.2. The molecule has 2 aliphatic heterocycles. The highest BCUT2D eigenvalue weighted by atomic mass is 35.5. The van der Waals surface area contributed by atoms with E-state index in [2.05, 4.69) is 0 Å². The fraction of sp³-hybridized carbons (Fsp3) is 0.167. The van der Waals surface area contributed by atoms with Gasteiger partial charge >= 0.3 is 0 Å². The Morgan fingerprint density at radius 3 is 2.13 bits per heavy atom. The summed E-state index contributed by atoms with van der Waals surface area (Å²) >= 11 is 5.97. The van der Waals surface area contributed by atoms with Crippen molar-refractivity contribution < 1.29 is 19.2 Å². The summed E-state index contributed by atoms with van der Waals surface area (Å²) < 4.78 is 5.24. The molecule has 2 heterocycles. The molecule has 3 aromatic rings. The average Bonchev–Trinajstić information content (AvgIpc) is 3.31. The molecule has 2 amide bonds. The van der Waals surface area contributed by atoms with Crippen LogP contribution in [0.3, 0.4) is 0 Å². The van der Waals surface area contributed by atoms with E-state index in [0.717, 1.165) is 11.3 Å². The van der Waals surface area contributed by atoms with Gasteiger partial charge in [-0.05, 0) is 54.1 Å². The molecule has 3 atom stereocenters. The highest BCUT2D eigenvalue weighted by Crippen LogP contribution is 2.47. The van der Waals surface area contributed by atoms with Crippen LogP contribution in [0.5, 0.6) is 5.75 Å². The van der Waals surface area contributed by atoms with Crippen molar-refractivity contribution in [2.24, 2.45) is 5.92 Å². The Bertz CT molecular complexity index is 1120. The number of halogens is 1. The lowest BCUT2D eigenvalue weighted by atomic mass is 9.90. The Morgan fingerprint density at radius 1 is 0.839 bits per heavy atom. The number of rotatable bonds is 4. The first-order valence-electron chi connectivity index (χ1n) is 9.87. The number of imide groups is 1. The van der Waals surface area contributed by atoms with Crippen LogP contribution in [0.4, 0.5) is 11.4 Å². The van der Waals surface area contributed by atoms with Crippen molar-refractivity contribution in [2.45, 2.75) is 12.1 Å². The third kappa shape index (κ3) is 3.24. The van der Waals surface area contributed by atoms with Crippen molar-refractivity contribution in [1.82, 2.24) is 0 Å². The number of carbonyl (C=O) groups excluding carboxylic acids is 2. The van der Waals surface area contributed by atoms with Gasteiger partial charge < -0.3 is 4.74 Å². The van der Waals surface area contributed by atoms with E-state index < -0.39 is 18.1 Å². The minimum Gasteiger partial charge on any atom is -0.497 e. The van der Waals surface area contributed by atoms with Crippen molar-refractivity contribution >= 4 is 34.8 Å². The topological polar surface area (TPSA) is 59.1 Å². The van der Waals surface area contributed by atoms with Gasteiger partial charge in [-0.3, -0.25) is 14.4 Å². The lowest BCUT2D eigenvalue weighted by Gasteiger charge is -2.28. The zero-order valence-electron chi connectivity index (χ0n) is 16.6. The molecule has 0 bridgehead atoms. The fourth-order valence-electron chi connectivity index (χ4n) is 4.20. The Kier molecular flexibility index (Phi) is 4.88. The summed E-state index contributed by atoms with van der Waals surface area (Å²) in [7, 11) is 1.60. The Hall–Kier alpha value is -3.35.